The maximum atomic E-state index is 9.11. The lowest BCUT2D eigenvalue weighted by molar-refractivity contribution is 0.301. The first-order valence-corrected chi connectivity index (χ1v) is 6.78. The molecule has 19 heavy (non-hydrogen) atoms. The lowest BCUT2D eigenvalue weighted by Crippen LogP contribution is -2.31. The molecule has 0 aromatic carbocycles. The Bertz CT molecular complexity index is 376. The molecule has 0 bridgehead atoms. The van der Waals surface area contributed by atoms with Gasteiger partial charge in [0.05, 0.1) is 6.61 Å². The van der Waals surface area contributed by atoms with Gasteiger partial charge in [-0.1, -0.05) is 6.92 Å². The van der Waals surface area contributed by atoms with E-state index >= 15 is 0 Å². The second-order valence-corrected chi connectivity index (χ2v) is 4.18. The van der Waals surface area contributed by atoms with Gasteiger partial charge >= 0.3 is 0 Å². The SMILES string of the molecule is CCCN(CCO)c1nc(N)nc(N(CC)CC)n1. The van der Waals surface area contributed by atoms with Crippen molar-refractivity contribution < 1.29 is 5.11 Å². The summed E-state index contributed by atoms with van der Waals surface area (Å²) in [6, 6.07) is 0. The van der Waals surface area contributed by atoms with Crippen LogP contribution in [0, 0.1) is 0 Å². The quantitative estimate of drug-likeness (QED) is 0.709. The van der Waals surface area contributed by atoms with Crippen LogP contribution in [-0.4, -0.2) is 52.8 Å². The Hall–Kier alpha value is -1.63. The summed E-state index contributed by atoms with van der Waals surface area (Å²) in [6.07, 6.45) is 0.951. The molecular weight excluding hydrogens is 244 g/mol. The van der Waals surface area contributed by atoms with E-state index in [0.717, 1.165) is 26.1 Å². The van der Waals surface area contributed by atoms with Gasteiger partial charge in [0.1, 0.15) is 0 Å². The number of aliphatic hydroxyl groups excluding tert-OH is 1. The minimum Gasteiger partial charge on any atom is -0.395 e. The third-order valence-electron chi connectivity index (χ3n) is 2.82. The monoisotopic (exact) mass is 268 g/mol. The van der Waals surface area contributed by atoms with Gasteiger partial charge in [0.2, 0.25) is 17.8 Å². The standard InChI is InChI=1S/C12H24N6O/c1-4-7-18(8-9-19)12-15-10(13)14-11(16-12)17(5-2)6-3/h19H,4-9H2,1-3H3,(H2,13,14,15,16). The van der Waals surface area contributed by atoms with Gasteiger partial charge in [-0.2, -0.15) is 15.0 Å². The summed E-state index contributed by atoms with van der Waals surface area (Å²) in [5.41, 5.74) is 5.76. The van der Waals surface area contributed by atoms with E-state index in [2.05, 4.69) is 21.9 Å². The molecule has 1 heterocycles. The van der Waals surface area contributed by atoms with Crippen molar-refractivity contribution in [2.75, 3.05) is 48.3 Å². The molecular formula is C12H24N6O. The zero-order valence-corrected chi connectivity index (χ0v) is 12.0. The fourth-order valence-electron chi connectivity index (χ4n) is 1.86. The molecule has 0 saturated carbocycles. The van der Waals surface area contributed by atoms with E-state index in [1.54, 1.807) is 0 Å². The fourth-order valence-corrected chi connectivity index (χ4v) is 1.86. The highest BCUT2D eigenvalue weighted by Gasteiger charge is 2.14. The van der Waals surface area contributed by atoms with Crippen LogP contribution < -0.4 is 15.5 Å². The second kappa shape index (κ2) is 7.73. The molecule has 0 radical (unpaired) electrons. The third-order valence-corrected chi connectivity index (χ3v) is 2.82. The van der Waals surface area contributed by atoms with Gasteiger partial charge in [-0.05, 0) is 20.3 Å². The summed E-state index contributed by atoms with van der Waals surface area (Å²) >= 11 is 0. The van der Waals surface area contributed by atoms with Crippen molar-refractivity contribution in [1.82, 2.24) is 15.0 Å². The summed E-state index contributed by atoms with van der Waals surface area (Å²) in [6.45, 7) is 9.12. The number of nitrogens with zero attached hydrogens (tertiary/aromatic N) is 5. The molecule has 0 aliphatic carbocycles. The van der Waals surface area contributed by atoms with Crippen LogP contribution in [0.25, 0.3) is 0 Å². The number of nitrogens with two attached hydrogens (primary N) is 1. The van der Waals surface area contributed by atoms with Gasteiger partial charge in [-0.25, -0.2) is 0 Å². The molecule has 1 rings (SSSR count). The molecule has 0 unspecified atom stereocenters. The van der Waals surface area contributed by atoms with Crippen LogP contribution in [0.4, 0.5) is 17.8 Å². The maximum absolute atomic E-state index is 9.11. The Labute approximate surface area is 114 Å². The van der Waals surface area contributed by atoms with Crippen LogP contribution >= 0.6 is 0 Å². The Kier molecular flexibility index (Phi) is 6.27. The van der Waals surface area contributed by atoms with Crippen LogP contribution in [0.3, 0.4) is 0 Å². The third kappa shape index (κ3) is 4.20. The normalized spacial score (nSPS) is 10.5. The highest BCUT2D eigenvalue weighted by Crippen LogP contribution is 2.15. The first-order valence-electron chi connectivity index (χ1n) is 6.78. The molecule has 0 amide bonds. The van der Waals surface area contributed by atoms with Crippen LogP contribution in [0.1, 0.15) is 27.2 Å². The van der Waals surface area contributed by atoms with E-state index in [1.807, 2.05) is 23.6 Å². The fraction of sp³-hybridized carbons (Fsp3) is 0.750. The number of hydrogen-bond donors (Lipinski definition) is 2. The first kappa shape index (κ1) is 15.4. The van der Waals surface area contributed by atoms with Crippen LogP contribution in [0.15, 0.2) is 0 Å². The Balaban J connectivity index is 3.05. The van der Waals surface area contributed by atoms with Crippen molar-refractivity contribution in [2.24, 2.45) is 0 Å². The van der Waals surface area contributed by atoms with Gasteiger partial charge < -0.3 is 20.6 Å². The van der Waals surface area contributed by atoms with Crippen molar-refractivity contribution in [3.63, 3.8) is 0 Å². The average molecular weight is 268 g/mol. The highest BCUT2D eigenvalue weighted by atomic mass is 16.3. The number of hydrogen-bond acceptors (Lipinski definition) is 7. The van der Waals surface area contributed by atoms with Crippen molar-refractivity contribution in [3.05, 3.63) is 0 Å². The number of rotatable bonds is 8. The molecule has 7 nitrogen and oxygen atoms in total. The van der Waals surface area contributed by atoms with Crippen LogP contribution in [0.5, 0.6) is 0 Å². The molecule has 7 heteroatoms. The zero-order chi connectivity index (χ0) is 14.3. The van der Waals surface area contributed by atoms with Gasteiger partial charge in [-0.15, -0.1) is 0 Å². The number of nitrogen functional groups attached to an aromatic ring is 1. The molecule has 1 aromatic heterocycles. The molecule has 3 N–H and O–H groups in total. The molecule has 0 aliphatic rings. The lowest BCUT2D eigenvalue weighted by atomic mass is 10.4. The lowest BCUT2D eigenvalue weighted by Gasteiger charge is -2.24. The van der Waals surface area contributed by atoms with Crippen LogP contribution in [0.2, 0.25) is 0 Å². The van der Waals surface area contributed by atoms with E-state index in [-0.39, 0.29) is 12.6 Å². The van der Waals surface area contributed by atoms with Crippen molar-refractivity contribution >= 4 is 17.8 Å². The predicted molar refractivity (Wildman–Crippen MR) is 77.4 cm³/mol. The highest BCUT2D eigenvalue weighted by molar-refractivity contribution is 5.43. The van der Waals surface area contributed by atoms with E-state index in [1.165, 1.54) is 0 Å². The number of aliphatic hydroxyl groups is 1. The van der Waals surface area contributed by atoms with E-state index in [4.69, 9.17) is 10.8 Å². The van der Waals surface area contributed by atoms with Gasteiger partial charge in [0.25, 0.3) is 0 Å². The second-order valence-electron chi connectivity index (χ2n) is 4.18. The Morgan fingerprint density at radius 2 is 1.53 bits per heavy atom. The smallest absolute Gasteiger partial charge is 0.232 e. The molecule has 108 valence electrons. The molecule has 0 fully saturated rings. The van der Waals surface area contributed by atoms with Crippen molar-refractivity contribution in [1.29, 1.82) is 0 Å². The Morgan fingerprint density at radius 3 is 2.00 bits per heavy atom. The summed E-state index contributed by atoms with van der Waals surface area (Å²) in [5.74, 6) is 1.34. The molecule has 0 saturated heterocycles. The number of aromatic nitrogens is 3. The predicted octanol–water partition coefficient (Wildman–Crippen LogP) is 0.509. The van der Waals surface area contributed by atoms with Crippen molar-refractivity contribution in [3.8, 4) is 0 Å². The largest absolute Gasteiger partial charge is 0.395 e. The molecule has 0 aliphatic heterocycles. The minimum absolute atomic E-state index is 0.0617. The average Bonchev–Trinajstić information content (AvgIpc) is 2.39. The van der Waals surface area contributed by atoms with E-state index < -0.39 is 0 Å². The summed E-state index contributed by atoms with van der Waals surface area (Å²) < 4.78 is 0. The number of anilines is 3. The van der Waals surface area contributed by atoms with E-state index in [9.17, 15) is 0 Å². The summed E-state index contributed by atoms with van der Waals surface area (Å²) in [5, 5.41) is 9.11. The molecule has 0 atom stereocenters. The van der Waals surface area contributed by atoms with Crippen LogP contribution in [-0.2, 0) is 0 Å². The van der Waals surface area contributed by atoms with Gasteiger partial charge in [-0.3, -0.25) is 0 Å². The van der Waals surface area contributed by atoms with Crippen molar-refractivity contribution in [2.45, 2.75) is 27.2 Å². The molecule has 1 aromatic rings. The first-order chi connectivity index (χ1) is 9.15. The Morgan fingerprint density at radius 1 is 0.947 bits per heavy atom. The van der Waals surface area contributed by atoms with Gasteiger partial charge in [0, 0.05) is 26.2 Å². The zero-order valence-electron chi connectivity index (χ0n) is 12.0. The molecule has 0 spiro atoms. The van der Waals surface area contributed by atoms with E-state index in [0.29, 0.717) is 18.4 Å². The van der Waals surface area contributed by atoms with Gasteiger partial charge in [0.15, 0.2) is 0 Å². The maximum Gasteiger partial charge on any atom is 0.232 e. The topological polar surface area (TPSA) is 91.4 Å². The minimum atomic E-state index is 0.0617. The summed E-state index contributed by atoms with van der Waals surface area (Å²) in [7, 11) is 0. The summed E-state index contributed by atoms with van der Waals surface area (Å²) in [4.78, 5) is 16.7.